The van der Waals surface area contributed by atoms with Crippen molar-refractivity contribution in [3.8, 4) is 5.75 Å². The van der Waals surface area contributed by atoms with Gasteiger partial charge in [0.1, 0.15) is 0 Å². The van der Waals surface area contributed by atoms with Gasteiger partial charge in [0.2, 0.25) is 0 Å². The minimum absolute atomic E-state index is 0.0269. The Balaban J connectivity index is 3.08. The van der Waals surface area contributed by atoms with Crippen LogP contribution in [0.4, 0.5) is 0 Å². The predicted molar refractivity (Wildman–Crippen MR) is 53.9 cm³/mol. The van der Waals surface area contributed by atoms with E-state index in [2.05, 4.69) is 0 Å². The molecule has 7 heteroatoms. The van der Waals surface area contributed by atoms with Crippen LogP contribution >= 0.6 is 30.8 Å². The van der Waals surface area contributed by atoms with Crippen LogP contribution in [0.5, 0.6) is 5.75 Å². The van der Waals surface area contributed by atoms with E-state index in [4.69, 9.17) is 33.0 Å². The number of hydrogen-bond acceptors (Lipinski definition) is 2. The molecule has 0 aliphatic heterocycles. The molecule has 14 heavy (non-hydrogen) atoms. The second-order valence-electron chi connectivity index (χ2n) is 2.73. The standard InChI is InChI=1S/C7H7Cl2O4P/c8-5-1-4(3-14(11,12)13)2-6(9)7(5)10/h1-2,10H,3H2,(H2,11,12,13). The summed E-state index contributed by atoms with van der Waals surface area (Å²) in [6, 6.07) is 2.53. The highest BCUT2D eigenvalue weighted by Crippen LogP contribution is 2.42. The van der Waals surface area contributed by atoms with Crippen LogP contribution in [0, 0.1) is 0 Å². The molecule has 0 aliphatic rings. The van der Waals surface area contributed by atoms with Gasteiger partial charge in [-0.1, -0.05) is 23.2 Å². The Morgan fingerprint density at radius 1 is 1.21 bits per heavy atom. The van der Waals surface area contributed by atoms with E-state index in [1.54, 1.807) is 0 Å². The summed E-state index contributed by atoms with van der Waals surface area (Å²) in [6.07, 6.45) is -0.452. The van der Waals surface area contributed by atoms with Gasteiger partial charge in [-0.15, -0.1) is 0 Å². The Labute approximate surface area is 90.2 Å². The molecule has 3 N–H and O–H groups in total. The predicted octanol–water partition coefficient (Wildman–Crippen LogP) is 2.38. The van der Waals surface area contributed by atoms with Crippen LogP contribution in [-0.4, -0.2) is 14.9 Å². The molecule has 0 unspecified atom stereocenters. The summed E-state index contributed by atoms with van der Waals surface area (Å²) in [5, 5.41) is 9.12. The van der Waals surface area contributed by atoms with Crippen molar-refractivity contribution in [3.63, 3.8) is 0 Å². The monoisotopic (exact) mass is 256 g/mol. The summed E-state index contributed by atoms with van der Waals surface area (Å²) in [5.41, 5.74) is 0.283. The highest BCUT2D eigenvalue weighted by atomic mass is 35.5. The van der Waals surface area contributed by atoms with Gasteiger partial charge >= 0.3 is 7.60 Å². The van der Waals surface area contributed by atoms with Crippen LogP contribution in [0.1, 0.15) is 5.56 Å². The first-order valence-electron chi connectivity index (χ1n) is 3.51. The molecule has 0 heterocycles. The minimum Gasteiger partial charge on any atom is -0.505 e. The summed E-state index contributed by atoms with van der Waals surface area (Å²) in [4.78, 5) is 17.4. The van der Waals surface area contributed by atoms with Gasteiger partial charge in [-0.3, -0.25) is 4.57 Å². The zero-order chi connectivity index (χ0) is 10.9. The van der Waals surface area contributed by atoms with Crippen LogP contribution in [0.2, 0.25) is 10.0 Å². The molecule has 0 fully saturated rings. The molecule has 0 radical (unpaired) electrons. The highest BCUT2D eigenvalue weighted by Gasteiger charge is 2.16. The maximum Gasteiger partial charge on any atom is 0.329 e. The third-order valence-corrected chi connectivity index (χ3v) is 2.82. The molecule has 0 saturated heterocycles. The van der Waals surface area contributed by atoms with E-state index in [9.17, 15) is 9.67 Å². The molecule has 0 saturated carbocycles. The molecule has 0 spiro atoms. The molecule has 1 aromatic carbocycles. The third kappa shape index (κ3) is 3.15. The lowest BCUT2D eigenvalue weighted by Gasteiger charge is -2.06. The molecular weight excluding hydrogens is 250 g/mol. The van der Waals surface area contributed by atoms with Crippen molar-refractivity contribution in [3.05, 3.63) is 27.7 Å². The van der Waals surface area contributed by atoms with E-state index in [0.29, 0.717) is 0 Å². The van der Waals surface area contributed by atoms with Crippen LogP contribution in [0.3, 0.4) is 0 Å². The van der Waals surface area contributed by atoms with Gasteiger partial charge < -0.3 is 14.9 Å². The fourth-order valence-electron chi connectivity index (χ4n) is 0.947. The fraction of sp³-hybridized carbons (Fsp3) is 0.143. The Morgan fingerprint density at radius 2 is 1.64 bits per heavy atom. The van der Waals surface area contributed by atoms with Crippen LogP contribution in [0.15, 0.2) is 12.1 Å². The van der Waals surface area contributed by atoms with Gasteiger partial charge in [-0.2, -0.15) is 0 Å². The molecule has 0 bridgehead atoms. The quantitative estimate of drug-likeness (QED) is 0.710. The molecule has 78 valence electrons. The number of phenols is 1. The van der Waals surface area contributed by atoms with Crippen molar-refractivity contribution in [1.29, 1.82) is 0 Å². The second-order valence-corrected chi connectivity index (χ2v) is 5.19. The SMILES string of the molecule is O=P(O)(O)Cc1cc(Cl)c(O)c(Cl)c1. The van der Waals surface area contributed by atoms with E-state index in [0.717, 1.165) is 0 Å². The first-order chi connectivity index (χ1) is 6.29. The van der Waals surface area contributed by atoms with Crippen molar-refractivity contribution in [2.45, 2.75) is 6.16 Å². The Hall–Kier alpha value is -0.250. The summed E-state index contributed by atoms with van der Waals surface area (Å²) >= 11 is 11.1. The molecule has 4 nitrogen and oxygen atoms in total. The summed E-state index contributed by atoms with van der Waals surface area (Å²) in [5.74, 6) is -0.289. The summed E-state index contributed by atoms with van der Waals surface area (Å²) in [6.45, 7) is 0. The van der Waals surface area contributed by atoms with Gasteiger partial charge in [0.05, 0.1) is 16.2 Å². The van der Waals surface area contributed by atoms with Crippen molar-refractivity contribution in [2.24, 2.45) is 0 Å². The van der Waals surface area contributed by atoms with E-state index in [-0.39, 0.29) is 21.4 Å². The van der Waals surface area contributed by atoms with Gasteiger partial charge in [0.15, 0.2) is 5.75 Å². The molecule has 0 amide bonds. The Morgan fingerprint density at radius 3 is 2.00 bits per heavy atom. The van der Waals surface area contributed by atoms with E-state index in [1.165, 1.54) is 12.1 Å². The molecule has 0 aliphatic carbocycles. The van der Waals surface area contributed by atoms with Crippen molar-refractivity contribution >= 4 is 30.8 Å². The van der Waals surface area contributed by atoms with Gasteiger partial charge in [-0.25, -0.2) is 0 Å². The zero-order valence-electron chi connectivity index (χ0n) is 6.81. The van der Waals surface area contributed by atoms with Crippen LogP contribution in [0.25, 0.3) is 0 Å². The molecule has 1 aromatic rings. The van der Waals surface area contributed by atoms with E-state index < -0.39 is 13.8 Å². The first kappa shape index (κ1) is 11.8. The lowest BCUT2D eigenvalue weighted by atomic mass is 10.2. The number of aromatic hydroxyl groups is 1. The third-order valence-electron chi connectivity index (χ3n) is 1.47. The molecular formula is C7H7Cl2O4P. The largest absolute Gasteiger partial charge is 0.505 e. The van der Waals surface area contributed by atoms with Crippen molar-refractivity contribution < 1.29 is 19.5 Å². The Kier molecular flexibility index (Phi) is 3.45. The van der Waals surface area contributed by atoms with Crippen molar-refractivity contribution in [1.82, 2.24) is 0 Å². The highest BCUT2D eigenvalue weighted by molar-refractivity contribution is 7.50. The first-order valence-corrected chi connectivity index (χ1v) is 6.06. The number of benzene rings is 1. The summed E-state index contributed by atoms with van der Waals surface area (Å²) < 4.78 is 10.7. The number of hydrogen-bond donors (Lipinski definition) is 3. The van der Waals surface area contributed by atoms with E-state index >= 15 is 0 Å². The number of rotatable bonds is 2. The van der Waals surface area contributed by atoms with Crippen molar-refractivity contribution in [2.75, 3.05) is 0 Å². The van der Waals surface area contributed by atoms with Crippen LogP contribution < -0.4 is 0 Å². The maximum atomic E-state index is 10.7. The average molecular weight is 257 g/mol. The van der Waals surface area contributed by atoms with Gasteiger partial charge in [-0.05, 0) is 17.7 Å². The zero-order valence-corrected chi connectivity index (χ0v) is 9.22. The lowest BCUT2D eigenvalue weighted by molar-refractivity contribution is 0.371. The number of halogens is 2. The summed E-state index contributed by atoms with van der Waals surface area (Å²) in [7, 11) is -4.14. The second kappa shape index (κ2) is 4.09. The van der Waals surface area contributed by atoms with Gasteiger partial charge in [0.25, 0.3) is 0 Å². The molecule has 1 rings (SSSR count). The molecule has 0 atom stereocenters. The van der Waals surface area contributed by atoms with E-state index in [1.807, 2.05) is 0 Å². The normalized spacial score (nSPS) is 11.7. The number of phenolic OH excluding ortho intramolecular Hbond substituents is 1. The smallest absolute Gasteiger partial charge is 0.329 e. The lowest BCUT2D eigenvalue weighted by Crippen LogP contribution is -1.87. The topological polar surface area (TPSA) is 77.8 Å². The minimum atomic E-state index is -4.14. The molecule has 0 aromatic heterocycles. The fourth-order valence-corrected chi connectivity index (χ4v) is 2.14. The Bertz CT molecular complexity index is 378. The average Bonchev–Trinajstić information content (AvgIpc) is 1.96. The van der Waals surface area contributed by atoms with Crippen LogP contribution in [-0.2, 0) is 10.7 Å². The maximum absolute atomic E-state index is 10.7. The van der Waals surface area contributed by atoms with Gasteiger partial charge in [0, 0.05) is 0 Å².